The lowest BCUT2D eigenvalue weighted by molar-refractivity contribution is 0.0703. The van der Waals surface area contributed by atoms with Gasteiger partial charge in [-0.1, -0.05) is 0 Å². The van der Waals surface area contributed by atoms with Gasteiger partial charge in [-0.3, -0.25) is 4.79 Å². The largest absolute Gasteiger partial charge is 0.507 e. The van der Waals surface area contributed by atoms with Crippen LogP contribution in [0, 0.1) is 12.7 Å². The molecule has 1 aromatic heterocycles. The number of carboxylic acid groups (broad SMARTS) is 1. The van der Waals surface area contributed by atoms with Gasteiger partial charge in [0.15, 0.2) is 0 Å². The van der Waals surface area contributed by atoms with Crippen molar-refractivity contribution >= 4 is 28.9 Å². The highest BCUT2D eigenvalue weighted by Crippen LogP contribution is 2.29. The zero-order valence-corrected chi connectivity index (χ0v) is 11.1. The van der Waals surface area contributed by atoms with Crippen LogP contribution in [0.15, 0.2) is 23.6 Å². The van der Waals surface area contributed by atoms with Crippen molar-refractivity contribution < 1.29 is 24.2 Å². The lowest BCUT2D eigenvalue weighted by atomic mass is 10.1. The molecular formula is C13H10FNO4S. The molecule has 0 radical (unpaired) electrons. The predicted molar refractivity (Wildman–Crippen MR) is 72.0 cm³/mol. The van der Waals surface area contributed by atoms with Crippen LogP contribution in [0.3, 0.4) is 0 Å². The van der Waals surface area contributed by atoms with E-state index in [1.165, 1.54) is 0 Å². The highest BCUT2D eigenvalue weighted by molar-refractivity contribution is 7.12. The minimum absolute atomic E-state index is 0.0215. The van der Waals surface area contributed by atoms with E-state index in [1.54, 1.807) is 12.3 Å². The second-order valence-corrected chi connectivity index (χ2v) is 4.92. The van der Waals surface area contributed by atoms with Crippen molar-refractivity contribution in [2.24, 2.45) is 0 Å². The molecule has 0 unspecified atom stereocenters. The number of nitrogens with one attached hydrogen (secondary N) is 1. The molecule has 104 valence electrons. The average Bonchev–Trinajstić information content (AvgIpc) is 2.74. The Labute approximate surface area is 117 Å². The zero-order valence-electron chi connectivity index (χ0n) is 10.3. The van der Waals surface area contributed by atoms with Crippen LogP contribution in [-0.4, -0.2) is 22.1 Å². The maximum Gasteiger partial charge on any atom is 0.348 e. The van der Waals surface area contributed by atoms with Crippen molar-refractivity contribution in [3.05, 3.63) is 45.4 Å². The normalized spacial score (nSPS) is 10.3. The number of hydrogen-bond acceptors (Lipinski definition) is 4. The maximum atomic E-state index is 13.1. The number of phenols is 1. The van der Waals surface area contributed by atoms with Gasteiger partial charge in [0.05, 0.1) is 11.3 Å². The van der Waals surface area contributed by atoms with E-state index in [4.69, 9.17) is 5.11 Å². The number of benzene rings is 1. The number of anilines is 1. The van der Waals surface area contributed by atoms with Crippen molar-refractivity contribution in [3.63, 3.8) is 0 Å². The Bertz CT molecular complexity index is 696. The number of rotatable bonds is 3. The van der Waals surface area contributed by atoms with Crippen LogP contribution in [-0.2, 0) is 0 Å². The summed E-state index contributed by atoms with van der Waals surface area (Å²) in [4.78, 5) is 23.0. The molecule has 0 aliphatic rings. The van der Waals surface area contributed by atoms with Crippen LogP contribution < -0.4 is 5.32 Å². The fraction of sp³-hybridized carbons (Fsp3) is 0.0769. The third-order valence-corrected chi connectivity index (χ3v) is 3.70. The molecule has 0 spiro atoms. The van der Waals surface area contributed by atoms with Gasteiger partial charge in [-0.2, -0.15) is 0 Å². The van der Waals surface area contributed by atoms with Crippen molar-refractivity contribution in [2.45, 2.75) is 6.92 Å². The standard InChI is InChI=1S/C13H10FNO4S/c1-6-5-20-11(13(18)19)10(6)15-12(17)8-4-7(14)2-3-9(8)16/h2-5,16H,1H3,(H,15,17)(H,18,19). The lowest BCUT2D eigenvalue weighted by Gasteiger charge is -2.08. The average molecular weight is 295 g/mol. The molecule has 20 heavy (non-hydrogen) atoms. The molecule has 2 rings (SSSR count). The van der Waals surface area contributed by atoms with Crippen molar-refractivity contribution in [3.8, 4) is 5.75 Å². The number of phenolic OH excluding ortho intramolecular Hbond substituents is 1. The highest BCUT2D eigenvalue weighted by Gasteiger charge is 2.19. The lowest BCUT2D eigenvalue weighted by Crippen LogP contribution is -2.14. The van der Waals surface area contributed by atoms with E-state index in [0.29, 0.717) is 5.56 Å². The molecule has 0 aliphatic heterocycles. The molecule has 7 heteroatoms. The Kier molecular flexibility index (Phi) is 3.71. The molecule has 0 atom stereocenters. The van der Waals surface area contributed by atoms with Crippen molar-refractivity contribution in [1.29, 1.82) is 0 Å². The van der Waals surface area contributed by atoms with Crippen LogP contribution in [0.25, 0.3) is 0 Å². The topological polar surface area (TPSA) is 86.6 Å². The van der Waals surface area contributed by atoms with E-state index in [-0.39, 0.29) is 21.9 Å². The molecule has 1 heterocycles. The Morgan fingerprint density at radius 1 is 1.35 bits per heavy atom. The quantitative estimate of drug-likeness (QED) is 0.812. The summed E-state index contributed by atoms with van der Waals surface area (Å²) in [6.45, 7) is 1.64. The van der Waals surface area contributed by atoms with Gasteiger partial charge in [-0.25, -0.2) is 9.18 Å². The first-order valence-corrected chi connectivity index (χ1v) is 6.39. The van der Waals surface area contributed by atoms with E-state index in [1.807, 2.05) is 0 Å². The first kappa shape index (κ1) is 14.0. The fourth-order valence-electron chi connectivity index (χ4n) is 1.63. The van der Waals surface area contributed by atoms with Gasteiger partial charge in [0.2, 0.25) is 0 Å². The summed E-state index contributed by atoms with van der Waals surface area (Å²) in [5.74, 6) is -2.99. The molecule has 0 aliphatic carbocycles. The SMILES string of the molecule is Cc1csc(C(=O)O)c1NC(=O)c1cc(F)ccc1O. The molecule has 0 saturated carbocycles. The molecule has 0 fully saturated rings. The third kappa shape index (κ3) is 2.62. The monoisotopic (exact) mass is 295 g/mol. The van der Waals surface area contributed by atoms with E-state index in [0.717, 1.165) is 29.5 Å². The molecule has 5 nitrogen and oxygen atoms in total. The fourth-order valence-corrected chi connectivity index (χ4v) is 2.47. The predicted octanol–water partition coefficient (Wildman–Crippen LogP) is 2.85. The molecule has 2 aromatic rings. The number of amides is 1. The smallest absolute Gasteiger partial charge is 0.348 e. The summed E-state index contributed by atoms with van der Waals surface area (Å²) in [5.41, 5.74) is 0.472. The number of aromatic hydroxyl groups is 1. The van der Waals surface area contributed by atoms with Crippen LogP contribution in [0.2, 0.25) is 0 Å². The number of hydrogen-bond donors (Lipinski definition) is 3. The highest BCUT2D eigenvalue weighted by atomic mass is 32.1. The second-order valence-electron chi connectivity index (χ2n) is 4.04. The van der Waals surface area contributed by atoms with E-state index < -0.39 is 17.7 Å². The minimum Gasteiger partial charge on any atom is -0.507 e. The van der Waals surface area contributed by atoms with Gasteiger partial charge in [0.1, 0.15) is 16.4 Å². The summed E-state index contributed by atoms with van der Waals surface area (Å²) in [6, 6.07) is 2.96. The number of thiophene rings is 1. The van der Waals surface area contributed by atoms with Crippen LogP contribution in [0.5, 0.6) is 5.75 Å². The molecule has 0 bridgehead atoms. The molecular weight excluding hydrogens is 285 g/mol. The van der Waals surface area contributed by atoms with Gasteiger partial charge in [-0.05, 0) is 36.1 Å². The second kappa shape index (κ2) is 5.30. The number of carboxylic acids is 1. The molecule has 0 saturated heterocycles. The number of carbonyl (C=O) groups excluding carboxylic acids is 1. The Balaban J connectivity index is 2.35. The number of halogens is 1. The Morgan fingerprint density at radius 2 is 2.05 bits per heavy atom. The van der Waals surface area contributed by atoms with Crippen molar-refractivity contribution in [1.82, 2.24) is 0 Å². The molecule has 1 amide bonds. The van der Waals surface area contributed by atoms with Crippen molar-refractivity contribution in [2.75, 3.05) is 5.32 Å². The Hall–Kier alpha value is -2.41. The summed E-state index contributed by atoms with van der Waals surface area (Å²) in [7, 11) is 0. The van der Waals surface area contributed by atoms with E-state index in [9.17, 15) is 19.1 Å². The number of aromatic carboxylic acids is 1. The van der Waals surface area contributed by atoms with E-state index >= 15 is 0 Å². The number of carbonyl (C=O) groups is 2. The van der Waals surface area contributed by atoms with Gasteiger partial charge in [0, 0.05) is 0 Å². The third-order valence-electron chi connectivity index (χ3n) is 2.61. The summed E-state index contributed by atoms with van der Waals surface area (Å²) < 4.78 is 13.1. The van der Waals surface area contributed by atoms with Gasteiger partial charge < -0.3 is 15.5 Å². The maximum absolute atomic E-state index is 13.1. The minimum atomic E-state index is -1.16. The number of aryl methyl sites for hydroxylation is 1. The molecule has 1 aromatic carbocycles. The summed E-state index contributed by atoms with van der Waals surface area (Å²) in [6.07, 6.45) is 0. The van der Waals surface area contributed by atoms with Crippen LogP contribution in [0.1, 0.15) is 25.6 Å². The zero-order chi connectivity index (χ0) is 14.9. The Morgan fingerprint density at radius 3 is 2.70 bits per heavy atom. The first-order chi connectivity index (χ1) is 9.40. The van der Waals surface area contributed by atoms with Crippen LogP contribution >= 0.6 is 11.3 Å². The first-order valence-electron chi connectivity index (χ1n) is 5.51. The van der Waals surface area contributed by atoms with Gasteiger partial charge in [-0.15, -0.1) is 11.3 Å². The van der Waals surface area contributed by atoms with Gasteiger partial charge in [0.25, 0.3) is 5.91 Å². The van der Waals surface area contributed by atoms with E-state index in [2.05, 4.69) is 5.32 Å². The molecule has 3 N–H and O–H groups in total. The van der Waals surface area contributed by atoms with Gasteiger partial charge >= 0.3 is 5.97 Å². The summed E-state index contributed by atoms with van der Waals surface area (Å²) >= 11 is 0.978. The summed E-state index contributed by atoms with van der Waals surface area (Å²) in [5, 5.41) is 22.5. The van der Waals surface area contributed by atoms with Crippen LogP contribution in [0.4, 0.5) is 10.1 Å².